The van der Waals surface area contributed by atoms with Crippen LogP contribution in [0.5, 0.6) is 5.75 Å². The summed E-state index contributed by atoms with van der Waals surface area (Å²) < 4.78 is 18.3. The average molecular weight is 324 g/mol. The van der Waals surface area contributed by atoms with E-state index in [9.17, 15) is 24.4 Å². The van der Waals surface area contributed by atoms with Gasteiger partial charge in [0, 0.05) is 13.0 Å². The number of nitro groups is 1. The zero-order valence-electron chi connectivity index (χ0n) is 13.0. The Balaban J connectivity index is 2.64. The molecule has 8 heteroatoms. The highest BCUT2D eigenvalue weighted by molar-refractivity contribution is 5.67. The topological polar surface area (TPSA) is 102 Å². The molecule has 23 heavy (non-hydrogen) atoms. The molecule has 0 saturated carbocycles. The smallest absolute Gasteiger partial charge is 0.407 e. The second kappa shape index (κ2) is 7.45. The Morgan fingerprint density at radius 2 is 2.13 bits per heavy atom. The van der Waals surface area contributed by atoms with Gasteiger partial charge >= 0.3 is 11.8 Å². The van der Waals surface area contributed by atoms with Crippen LogP contribution in [0.2, 0.25) is 0 Å². The van der Waals surface area contributed by atoms with Crippen LogP contribution < -0.4 is 5.32 Å². The van der Waals surface area contributed by atoms with Crippen molar-refractivity contribution in [2.24, 2.45) is 0 Å². The molecule has 1 rings (SSSR count). The minimum absolute atomic E-state index is 0.181. The summed E-state index contributed by atoms with van der Waals surface area (Å²) in [6.45, 7) is 5.37. The van der Waals surface area contributed by atoms with Crippen LogP contribution in [0, 0.1) is 27.8 Å². The number of hydrogen-bond acceptors (Lipinski definition) is 5. The van der Waals surface area contributed by atoms with E-state index >= 15 is 0 Å². The largest absolute Gasteiger partial charge is 0.501 e. The first-order valence-corrected chi connectivity index (χ1v) is 6.73. The van der Waals surface area contributed by atoms with Crippen LogP contribution in [-0.4, -0.2) is 28.3 Å². The summed E-state index contributed by atoms with van der Waals surface area (Å²) in [4.78, 5) is 21.1. The van der Waals surface area contributed by atoms with Crippen LogP contribution in [0.3, 0.4) is 0 Å². The predicted molar refractivity (Wildman–Crippen MR) is 80.5 cm³/mol. The van der Waals surface area contributed by atoms with Crippen molar-refractivity contribution in [1.82, 2.24) is 5.32 Å². The second-order valence-corrected chi connectivity index (χ2v) is 5.56. The Morgan fingerprint density at radius 3 is 2.70 bits per heavy atom. The number of alkyl carbamates (subject to hydrolysis) is 1. The van der Waals surface area contributed by atoms with Crippen molar-refractivity contribution in [2.75, 3.05) is 6.54 Å². The molecular weight excluding hydrogens is 307 g/mol. The number of nitrogens with zero attached hydrogens (tertiary/aromatic N) is 1. The lowest BCUT2D eigenvalue weighted by Crippen LogP contribution is -2.32. The average Bonchev–Trinajstić information content (AvgIpc) is 2.39. The van der Waals surface area contributed by atoms with Gasteiger partial charge in [-0.2, -0.15) is 0 Å². The lowest BCUT2D eigenvalue weighted by molar-refractivity contribution is -0.386. The van der Waals surface area contributed by atoms with Crippen molar-refractivity contribution in [2.45, 2.75) is 32.8 Å². The SMILES string of the molecule is CC(C)(C)OC(=O)NCCC#Cc1cc(F)cc([N+](=O)[O-])c1O. The number of ether oxygens (including phenoxy) is 1. The number of amides is 1. The molecule has 0 saturated heterocycles. The molecule has 0 aliphatic heterocycles. The van der Waals surface area contributed by atoms with Crippen molar-refractivity contribution in [3.8, 4) is 17.6 Å². The van der Waals surface area contributed by atoms with Gasteiger partial charge in [0.05, 0.1) is 16.6 Å². The van der Waals surface area contributed by atoms with E-state index in [1.54, 1.807) is 20.8 Å². The molecule has 0 aliphatic carbocycles. The van der Waals surface area contributed by atoms with Gasteiger partial charge < -0.3 is 15.2 Å². The van der Waals surface area contributed by atoms with E-state index in [2.05, 4.69) is 17.2 Å². The zero-order valence-corrected chi connectivity index (χ0v) is 13.0. The molecule has 1 aromatic rings. The predicted octanol–water partition coefficient (Wildman–Crippen LogP) is 2.71. The highest BCUT2D eigenvalue weighted by Gasteiger charge is 2.18. The van der Waals surface area contributed by atoms with Gasteiger partial charge in [-0.3, -0.25) is 10.1 Å². The molecule has 0 bridgehead atoms. The van der Waals surface area contributed by atoms with E-state index in [-0.39, 0.29) is 18.5 Å². The number of rotatable bonds is 3. The maximum atomic E-state index is 13.2. The molecule has 0 heterocycles. The van der Waals surface area contributed by atoms with Gasteiger partial charge in [0.15, 0.2) is 0 Å². The zero-order chi connectivity index (χ0) is 17.6. The van der Waals surface area contributed by atoms with Crippen LogP contribution >= 0.6 is 0 Å². The van der Waals surface area contributed by atoms with Gasteiger partial charge in [-0.05, 0) is 26.8 Å². The molecule has 124 valence electrons. The van der Waals surface area contributed by atoms with Crippen molar-refractivity contribution in [3.05, 3.63) is 33.6 Å². The Hall–Kier alpha value is -2.82. The van der Waals surface area contributed by atoms with Crippen molar-refractivity contribution >= 4 is 11.8 Å². The molecule has 2 N–H and O–H groups in total. The van der Waals surface area contributed by atoms with Crippen LogP contribution in [0.4, 0.5) is 14.9 Å². The van der Waals surface area contributed by atoms with Gasteiger partial charge in [0.25, 0.3) is 0 Å². The number of halogens is 1. The number of nitro benzene ring substituents is 1. The van der Waals surface area contributed by atoms with Gasteiger partial charge in [0.1, 0.15) is 11.4 Å². The van der Waals surface area contributed by atoms with Crippen LogP contribution in [0.15, 0.2) is 12.1 Å². The number of phenols is 1. The van der Waals surface area contributed by atoms with Crippen LogP contribution in [0.25, 0.3) is 0 Å². The quantitative estimate of drug-likeness (QED) is 0.385. The molecule has 0 aliphatic rings. The first-order valence-electron chi connectivity index (χ1n) is 6.73. The Bertz CT molecular complexity index is 671. The van der Waals surface area contributed by atoms with Crippen molar-refractivity contribution in [3.63, 3.8) is 0 Å². The molecule has 1 amide bonds. The third-order valence-electron chi connectivity index (χ3n) is 2.39. The molecule has 0 atom stereocenters. The summed E-state index contributed by atoms with van der Waals surface area (Å²) in [7, 11) is 0. The van der Waals surface area contributed by atoms with Gasteiger partial charge in [0.2, 0.25) is 5.75 Å². The van der Waals surface area contributed by atoms with E-state index in [1.807, 2.05) is 0 Å². The second-order valence-electron chi connectivity index (χ2n) is 5.56. The minimum Gasteiger partial charge on any atom is -0.501 e. The van der Waals surface area contributed by atoms with Crippen molar-refractivity contribution in [1.29, 1.82) is 0 Å². The molecule has 1 aromatic carbocycles. The number of hydrogen-bond donors (Lipinski definition) is 2. The number of carbonyl (C=O) groups is 1. The fraction of sp³-hybridized carbons (Fsp3) is 0.400. The number of phenolic OH excluding ortho intramolecular Hbond substituents is 1. The van der Waals surface area contributed by atoms with Crippen LogP contribution in [-0.2, 0) is 4.74 Å². The minimum atomic E-state index is -0.895. The maximum absolute atomic E-state index is 13.2. The third kappa shape index (κ3) is 6.22. The fourth-order valence-corrected chi connectivity index (χ4v) is 1.52. The Kier molecular flexibility index (Phi) is 5.90. The number of nitrogens with one attached hydrogen (secondary N) is 1. The van der Waals surface area contributed by atoms with E-state index in [0.717, 1.165) is 6.07 Å². The summed E-state index contributed by atoms with van der Waals surface area (Å²) >= 11 is 0. The number of aromatic hydroxyl groups is 1. The normalized spacial score (nSPS) is 10.4. The standard InChI is InChI=1S/C15H17FN2O5/c1-15(2,3)23-14(20)17-7-5-4-6-10-8-11(16)9-12(13(10)19)18(21)22/h8-9,19H,5,7H2,1-3H3,(H,17,20). The first kappa shape index (κ1) is 18.2. The molecular formula is C15H17FN2O5. The van der Waals surface area contributed by atoms with Crippen molar-refractivity contribution < 1.29 is 24.0 Å². The number of carbonyl (C=O) groups excluding carboxylic acids is 1. The lowest BCUT2D eigenvalue weighted by atomic mass is 10.1. The van der Waals surface area contributed by atoms with E-state index < -0.39 is 33.9 Å². The van der Waals surface area contributed by atoms with E-state index in [0.29, 0.717) is 6.07 Å². The summed E-state index contributed by atoms with van der Waals surface area (Å²) in [5, 5.41) is 22.8. The summed E-state index contributed by atoms with van der Waals surface area (Å²) in [6, 6.07) is 1.52. The third-order valence-corrected chi connectivity index (χ3v) is 2.39. The summed E-state index contributed by atoms with van der Waals surface area (Å²) in [5.74, 6) is 3.46. The molecule has 0 spiro atoms. The first-order chi connectivity index (χ1) is 10.6. The van der Waals surface area contributed by atoms with E-state index in [4.69, 9.17) is 4.74 Å². The highest BCUT2D eigenvalue weighted by Crippen LogP contribution is 2.30. The highest BCUT2D eigenvalue weighted by atomic mass is 19.1. The molecule has 0 fully saturated rings. The van der Waals surface area contributed by atoms with Gasteiger partial charge in [-0.15, -0.1) is 0 Å². The van der Waals surface area contributed by atoms with Gasteiger partial charge in [-0.1, -0.05) is 11.8 Å². The Labute approximate surface area is 132 Å². The van der Waals surface area contributed by atoms with E-state index in [1.165, 1.54) is 0 Å². The molecule has 0 aromatic heterocycles. The fourth-order valence-electron chi connectivity index (χ4n) is 1.52. The Morgan fingerprint density at radius 1 is 1.48 bits per heavy atom. The monoisotopic (exact) mass is 324 g/mol. The summed E-state index contributed by atoms with van der Waals surface area (Å²) in [6.07, 6.45) is -0.397. The lowest BCUT2D eigenvalue weighted by Gasteiger charge is -2.19. The maximum Gasteiger partial charge on any atom is 0.407 e. The van der Waals surface area contributed by atoms with Gasteiger partial charge in [-0.25, -0.2) is 9.18 Å². The molecule has 0 unspecified atom stereocenters. The summed E-state index contributed by atoms with van der Waals surface area (Å²) in [5.41, 5.74) is -1.54. The number of benzene rings is 1. The molecule has 7 nitrogen and oxygen atoms in total. The van der Waals surface area contributed by atoms with Crippen LogP contribution in [0.1, 0.15) is 32.8 Å². The molecule has 0 radical (unpaired) electrons.